The van der Waals surface area contributed by atoms with E-state index in [1.807, 2.05) is 0 Å². The molecule has 1 aromatic carbocycles. The third kappa shape index (κ3) is 24.5. The number of carboxylic acids is 6. The van der Waals surface area contributed by atoms with Crippen molar-refractivity contribution >= 4 is 127 Å². The van der Waals surface area contributed by atoms with Crippen LogP contribution in [-0.4, -0.2) is 257 Å². The SMILES string of the molecule is NS(=O)(=O)c1sc(Cl)cc1C(=O)N1C[C@H](NC(=O)Cc2ccc(Cl)cc2Cl)C[C@@H]1C(=O)NCCC(=O)N[C@@H](CC(=O)N[C@@H](CCCCNC(=O)CCC(C(=O)O)N1CCN(CC(=O)O)CCN(CC(=O)O)CCN(CC(=O)O)CC1)C(=O)O)C(=O)O. The van der Waals surface area contributed by atoms with Crippen LogP contribution in [0.4, 0.5) is 0 Å². The number of nitrogens with two attached hydrogens (primary N) is 1. The molecule has 86 heavy (non-hydrogen) atoms. The summed E-state index contributed by atoms with van der Waals surface area (Å²) >= 11 is 18.7. The Balaban J connectivity index is 1.27. The number of thiophene rings is 1. The highest BCUT2D eigenvalue weighted by Gasteiger charge is 2.42. The molecule has 0 saturated carbocycles. The number of halogens is 3. The van der Waals surface area contributed by atoms with Gasteiger partial charge in [0.1, 0.15) is 28.4 Å². The molecule has 31 nitrogen and oxygen atoms in total. The van der Waals surface area contributed by atoms with Gasteiger partial charge in [0.05, 0.1) is 42.4 Å². The number of benzene rings is 1. The largest absolute Gasteiger partial charge is 0.480 e. The molecule has 2 aliphatic rings. The van der Waals surface area contributed by atoms with Crippen molar-refractivity contribution in [3.05, 3.63) is 49.8 Å². The van der Waals surface area contributed by atoms with Crippen LogP contribution in [0.5, 0.6) is 0 Å². The topological polar surface area (TPSA) is 463 Å². The molecule has 1 aromatic heterocycles. The quantitative estimate of drug-likeness (QED) is 0.0376. The second-order valence-corrected chi connectivity index (χ2v) is 24.4. The fourth-order valence-electron chi connectivity index (χ4n) is 9.40. The minimum absolute atomic E-state index is 0.00373. The predicted octanol–water partition coefficient (Wildman–Crippen LogP) is -1.67. The van der Waals surface area contributed by atoms with E-state index in [9.17, 15) is 96.6 Å². The zero-order valence-corrected chi connectivity index (χ0v) is 50.0. The molecule has 3 heterocycles. The summed E-state index contributed by atoms with van der Waals surface area (Å²) in [5.74, 6) is -13.0. The molecular weight excluding hydrogens is 1250 g/mol. The first-order chi connectivity index (χ1) is 40.4. The average molecular weight is 1310 g/mol. The summed E-state index contributed by atoms with van der Waals surface area (Å²) in [6, 6.07) is -1.40. The number of sulfonamides is 1. The van der Waals surface area contributed by atoms with Gasteiger partial charge in [0, 0.05) is 101 Å². The number of hydrogen-bond donors (Lipinski definition) is 12. The van der Waals surface area contributed by atoms with E-state index in [4.69, 9.17) is 39.9 Å². The van der Waals surface area contributed by atoms with Crippen molar-refractivity contribution in [3.8, 4) is 0 Å². The number of likely N-dealkylation sites (tertiary alicyclic amines) is 1. The van der Waals surface area contributed by atoms with Gasteiger partial charge in [-0.25, -0.2) is 23.1 Å². The zero-order chi connectivity index (χ0) is 64.0. The number of rotatable bonds is 31. The Labute approximate surface area is 511 Å². The first-order valence-corrected chi connectivity index (χ1v) is 30.1. The Morgan fingerprint density at radius 2 is 1.20 bits per heavy atom. The summed E-state index contributed by atoms with van der Waals surface area (Å²) in [6.07, 6.45) is -2.37. The van der Waals surface area contributed by atoms with Crippen LogP contribution in [0, 0.1) is 0 Å². The molecule has 476 valence electrons. The van der Waals surface area contributed by atoms with Crippen molar-refractivity contribution in [1.82, 2.24) is 51.1 Å². The molecule has 2 aliphatic heterocycles. The van der Waals surface area contributed by atoms with Gasteiger partial charge in [0.2, 0.25) is 39.6 Å². The van der Waals surface area contributed by atoms with Crippen LogP contribution in [0.25, 0.3) is 0 Å². The summed E-state index contributed by atoms with van der Waals surface area (Å²) in [6.45, 7) is -1.48. The van der Waals surface area contributed by atoms with Crippen molar-refractivity contribution in [2.45, 2.75) is 92.2 Å². The van der Waals surface area contributed by atoms with E-state index >= 15 is 0 Å². The van der Waals surface area contributed by atoms with Gasteiger partial charge in [-0.05, 0) is 55.9 Å². The molecule has 2 saturated heterocycles. The Morgan fingerprint density at radius 1 is 0.640 bits per heavy atom. The Morgan fingerprint density at radius 3 is 1.72 bits per heavy atom. The monoisotopic (exact) mass is 1310 g/mol. The maximum Gasteiger partial charge on any atom is 0.326 e. The van der Waals surface area contributed by atoms with E-state index in [0.717, 1.165) is 11.0 Å². The van der Waals surface area contributed by atoms with Crippen LogP contribution < -0.4 is 31.7 Å². The lowest BCUT2D eigenvalue weighted by atomic mass is 10.1. The molecule has 4 rings (SSSR count). The molecule has 0 radical (unpaired) electrons. The number of unbranched alkanes of at least 4 members (excludes halogenated alkanes) is 1. The number of nitrogens with one attached hydrogen (secondary N) is 5. The molecule has 0 spiro atoms. The second-order valence-electron chi connectivity index (χ2n) is 20.1. The number of aliphatic carboxylic acids is 6. The third-order valence-corrected chi connectivity index (χ3v) is 17.0. The van der Waals surface area contributed by atoms with Crippen molar-refractivity contribution in [2.24, 2.45) is 5.14 Å². The number of primary sulfonamides is 1. The fourth-order valence-corrected chi connectivity index (χ4v) is 12.2. The van der Waals surface area contributed by atoms with Gasteiger partial charge in [-0.15, -0.1) is 11.3 Å². The van der Waals surface area contributed by atoms with Crippen LogP contribution >= 0.6 is 46.1 Å². The lowest BCUT2D eigenvalue weighted by molar-refractivity contribution is -0.145. The van der Waals surface area contributed by atoms with Gasteiger partial charge in [-0.3, -0.25) is 67.5 Å². The second kappa shape index (κ2) is 34.5. The number of carbonyl (C=O) groups excluding carboxylic acids is 6. The summed E-state index contributed by atoms with van der Waals surface area (Å²) in [7, 11) is -4.48. The van der Waals surface area contributed by atoms with Crippen LogP contribution in [0.3, 0.4) is 0 Å². The summed E-state index contributed by atoms with van der Waals surface area (Å²) in [4.78, 5) is 158. The number of nitrogens with zero attached hydrogens (tertiary/aromatic N) is 5. The standard InChI is InChI=1S/C50H68Cl3N11O20S2/c51-29-5-4-28(32(52)20-29)19-40(67)57-30-21-36(64(24-30)46(76)31-22-37(53)85-50(31)86(54,83)84)45(75)56-10-8-39(66)59-34(48(79)80)23-41(68)58-33(47(77)78)3-1-2-9-55-38(65)7-6-35(49(81)82)63-17-15-61(26-43(71)72)13-11-60(25-42(69)70)12-14-62(16-18-63)27-44(73)74/h4-5,20,22,30,33-36H,1-3,6-19,21,23-27H2,(H,55,65)(H,56,75)(H,57,67)(H,58,68)(H,59,66)(H,69,70)(H,71,72)(H,73,74)(H,77,78)(H,79,80)(H,81,82)(H2,54,83,84)/t30-,33+,34+,35?,36-/m1/s1. The van der Waals surface area contributed by atoms with E-state index in [2.05, 4.69) is 26.6 Å². The number of amides is 6. The van der Waals surface area contributed by atoms with E-state index in [1.165, 1.54) is 32.9 Å². The first kappa shape index (κ1) is 71.7. The van der Waals surface area contributed by atoms with Gasteiger partial charge < -0.3 is 62.1 Å². The van der Waals surface area contributed by atoms with Crippen LogP contribution in [0.1, 0.15) is 67.3 Å². The molecule has 5 atom stereocenters. The highest BCUT2D eigenvalue weighted by atomic mass is 35.5. The van der Waals surface area contributed by atoms with E-state index in [0.29, 0.717) is 21.9 Å². The molecule has 0 bridgehead atoms. The summed E-state index contributed by atoms with van der Waals surface area (Å²) < 4.78 is 24.0. The lowest BCUT2D eigenvalue weighted by Crippen LogP contribution is -2.52. The highest BCUT2D eigenvalue weighted by molar-refractivity contribution is 7.91. The molecule has 2 aromatic rings. The number of carboxylic acid groups (broad SMARTS) is 6. The van der Waals surface area contributed by atoms with E-state index < -0.39 is 154 Å². The smallest absolute Gasteiger partial charge is 0.326 e. The minimum Gasteiger partial charge on any atom is -0.480 e. The van der Waals surface area contributed by atoms with Crippen molar-refractivity contribution in [3.63, 3.8) is 0 Å². The first-order valence-electron chi connectivity index (χ1n) is 26.6. The van der Waals surface area contributed by atoms with Crippen molar-refractivity contribution < 1.29 is 96.6 Å². The minimum atomic E-state index is -4.48. The zero-order valence-electron chi connectivity index (χ0n) is 46.1. The number of carbonyl (C=O) groups is 12. The molecule has 1 unspecified atom stereocenters. The molecule has 6 amide bonds. The summed E-state index contributed by atoms with van der Waals surface area (Å²) in [5.41, 5.74) is -0.0231. The Hall–Kier alpha value is -6.82. The summed E-state index contributed by atoms with van der Waals surface area (Å²) in [5, 5.41) is 76.4. The highest BCUT2D eigenvalue weighted by Crippen LogP contribution is 2.33. The van der Waals surface area contributed by atoms with Gasteiger partial charge in [-0.2, -0.15) is 0 Å². The fraction of sp³-hybridized carbons (Fsp3) is 0.560. The molecular formula is C50H68Cl3N11O20S2. The van der Waals surface area contributed by atoms with Gasteiger partial charge in [0.25, 0.3) is 5.91 Å². The molecule has 0 aliphatic carbocycles. The Kier molecular flexibility index (Phi) is 28.7. The average Bonchev–Trinajstić information content (AvgIpc) is 1.92. The number of hydrogen-bond acceptors (Lipinski definition) is 19. The van der Waals surface area contributed by atoms with Crippen LogP contribution in [0.2, 0.25) is 14.4 Å². The van der Waals surface area contributed by atoms with Crippen molar-refractivity contribution in [2.75, 3.05) is 91.6 Å². The molecule has 36 heteroatoms. The third-order valence-electron chi connectivity index (χ3n) is 13.6. The van der Waals surface area contributed by atoms with Gasteiger partial charge in [0.15, 0.2) is 0 Å². The maximum absolute atomic E-state index is 13.9. The van der Waals surface area contributed by atoms with Crippen LogP contribution in [0.15, 0.2) is 28.5 Å². The Bertz CT molecular complexity index is 2910. The van der Waals surface area contributed by atoms with Crippen molar-refractivity contribution in [1.29, 1.82) is 0 Å². The maximum atomic E-state index is 13.9. The normalized spacial score (nSPS) is 17.8. The molecule has 13 N–H and O–H groups in total. The predicted molar refractivity (Wildman–Crippen MR) is 305 cm³/mol. The van der Waals surface area contributed by atoms with Crippen LogP contribution in [-0.2, 0) is 69.2 Å². The van der Waals surface area contributed by atoms with E-state index in [1.54, 1.807) is 4.90 Å². The van der Waals surface area contributed by atoms with E-state index in [-0.39, 0.29) is 126 Å². The molecule has 2 fully saturated rings. The lowest BCUT2D eigenvalue weighted by Gasteiger charge is -2.35. The van der Waals surface area contributed by atoms with Gasteiger partial charge in [-0.1, -0.05) is 40.9 Å². The van der Waals surface area contributed by atoms with Gasteiger partial charge >= 0.3 is 35.8 Å².